The predicted molar refractivity (Wildman–Crippen MR) is 110 cm³/mol. The van der Waals surface area contributed by atoms with Gasteiger partial charge in [-0.3, -0.25) is 14.5 Å². The quantitative estimate of drug-likeness (QED) is 0.604. The highest BCUT2D eigenvalue weighted by Crippen LogP contribution is 2.44. The van der Waals surface area contributed by atoms with Gasteiger partial charge in [-0.05, 0) is 54.6 Å². The summed E-state index contributed by atoms with van der Waals surface area (Å²) in [7, 11) is 1.45. The van der Waals surface area contributed by atoms with E-state index in [1.807, 2.05) is 0 Å². The summed E-state index contributed by atoms with van der Waals surface area (Å²) >= 11 is 0. The van der Waals surface area contributed by atoms with E-state index in [2.05, 4.69) is 0 Å². The summed E-state index contributed by atoms with van der Waals surface area (Å²) < 4.78 is 32.2. The Balaban J connectivity index is 1.91. The first kappa shape index (κ1) is 20.3. The highest BCUT2D eigenvalue weighted by molar-refractivity contribution is 6.21. The smallest absolute Gasteiger partial charge is 0.294 e. The van der Waals surface area contributed by atoms with E-state index in [-0.39, 0.29) is 16.8 Å². The van der Waals surface area contributed by atoms with Crippen LogP contribution in [-0.2, 0) is 4.79 Å². The minimum absolute atomic E-state index is 0.108. The second kappa shape index (κ2) is 8.02. The van der Waals surface area contributed by atoms with Gasteiger partial charge in [0.15, 0.2) is 11.5 Å². The van der Waals surface area contributed by atoms with Gasteiger partial charge in [0.1, 0.15) is 17.4 Å². The van der Waals surface area contributed by atoms with Gasteiger partial charge in [0.25, 0.3) is 5.91 Å². The van der Waals surface area contributed by atoms with Crippen LogP contribution in [0.4, 0.5) is 14.5 Å². The number of methoxy groups -OCH3 is 1. The number of carbonyl (C=O) groups is 2. The van der Waals surface area contributed by atoms with Gasteiger partial charge in [0, 0.05) is 16.8 Å². The number of hydrogen-bond donors (Lipinski definition) is 1. The van der Waals surface area contributed by atoms with Crippen molar-refractivity contribution >= 4 is 17.4 Å². The monoisotopic (exact) mass is 421 g/mol. The Morgan fingerprint density at radius 1 is 0.935 bits per heavy atom. The number of rotatable bonds is 5. The molecule has 31 heavy (non-hydrogen) atoms. The van der Waals surface area contributed by atoms with Gasteiger partial charge in [-0.2, -0.15) is 0 Å². The maximum atomic E-state index is 13.5. The number of aliphatic hydroxyl groups is 1. The van der Waals surface area contributed by atoms with Gasteiger partial charge in [-0.1, -0.05) is 18.2 Å². The molecular formula is C24H17F2NO4. The number of Topliss-reactive ketones (excluding diaryl/α,β-unsaturated/α-hetero) is 1. The Morgan fingerprint density at radius 3 is 2.13 bits per heavy atom. The molecule has 1 aliphatic heterocycles. The molecule has 5 nitrogen and oxygen atoms in total. The number of carbonyl (C=O) groups excluding carboxylic acids is 2. The van der Waals surface area contributed by atoms with Gasteiger partial charge in [0.2, 0.25) is 0 Å². The third-order valence-corrected chi connectivity index (χ3v) is 5.10. The van der Waals surface area contributed by atoms with E-state index in [1.165, 1.54) is 48.4 Å². The van der Waals surface area contributed by atoms with Crippen molar-refractivity contribution < 1.29 is 28.2 Å². The number of para-hydroxylation sites is 1. The van der Waals surface area contributed by atoms with Gasteiger partial charge < -0.3 is 9.84 Å². The maximum absolute atomic E-state index is 13.5. The van der Waals surface area contributed by atoms with Crippen LogP contribution in [0.5, 0.6) is 5.75 Å². The molecule has 1 amide bonds. The number of benzene rings is 3. The lowest BCUT2D eigenvalue weighted by molar-refractivity contribution is -0.117. The van der Waals surface area contributed by atoms with E-state index >= 15 is 0 Å². The molecule has 1 N–H and O–H groups in total. The Labute approximate surface area is 176 Å². The molecule has 3 aromatic carbocycles. The molecule has 0 aliphatic carbocycles. The van der Waals surface area contributed by atoms with E-state index in [0.717, 1.165) is 12.1 Å². The third kappa shape index (κ3) is 3.54. The van der Waals surface area contributed by atoms with Crippen LogP contribution in [-0.4, -0.2) is 23.9 Å². The SMILES string of the molecule is COc1ccccc1C1C(C(=O)c2ccc(F)cc2)=C(O)C(=O)N1c1ccc(F)cc1. The van der Waals surface area contributed by atoms with E-state index in [4.69, 9.17) is 4.74 Å². The van der Waals surface area contributed by atoms with Crippen LogP contribution in [0.2, 0.25) is 0 Å². The first-order valence-electron chi connectivity index (χ1n) is 9.38. The van der Waals surface area contributed by atoms with Crippen molar-refractivity contribution in [2.75, 3.05) is 12.0 Å². The Bertz CT molecular complexity index is 1190. The lowest BCUT2D eigenvalue weighted by Gasteiger charge is -2.28. The predicted octanol–water partition coefficient (Wildman–Crippen LogP) is 4.76. The molecule has 1 unspecified atom stereocenters. The lowest BCUT2D eigenvalue weighted by Crippen LogP contribution is -2.31. The summed E-state index contributed by atoms with van der Waals surface area (Å²) in [5.74, 6) is -2.80. The molecule has 7 heteroatoms. The second-order valence-corrected chi connectivity index (χ2v) is 6.89. The zero-order valence-electron chi connectivity index (χ0n) is 16.4. The summed E-state index contributed by atoms with van der Waals surface area (Å²) in [5.41, 5.74) is 0.676. The first-order chi connectivity index (χ1) is 14.9. The van der Waals surface area contributed by atoms with Crippen molar-refractivity contribution in [2.24, 2.45) is 0 Å². The zero-order chi connectivity index (χ0) is 22.1. The molecule has 0 fully saturated rings. The number of aliphatic hydroxyl groups excluding tert-OH is 1. The van der Waals surface area contributed by atoms with Crippen molar-refractivity contribution in [3.63, 3.8) is 0 Å². The van der Waals surface area contributed by atoms with E-state index in [1.54, 1.807) is 24.3 Å². The van der Waals surface area contributed by atoms with E-state index in [9.17, 15) is 23.5 Å². The summed E-state index contributed by atoms with van der Waals surface area (Å²) in [4.78, 5) is 27.6. The molecule has 0 saturated carbocycles. The fourth-order valence-corrected chi connectivity index (χ4v) is 3.65. The maximum Gasteiger partial charge on any atom is 0.294 e. The molecule has 156 valence electrons. The van der Waals surface area contributed by atoms with Crippen LogP contribution in [0.15, 0.2) is 84.1 Å². The molecule has 4 rings (SSSR count). The Hall–Kier alpha value is -4.00. The topological polar surface area (TPSA) is 66.8 Å². The van der Waals surface area contributed by atoms with Gasteiger partial charge in [-0.25, -0.2) is 8.78 Å². The summed E-state index contributed by atoms with van der Waals surface area (Å²) in [6.45, 7) is 0. The molecule has 0 bridgehead atoms. The van der Waals surface area contributed by atoms with Crippen LogP contribution >= 0.6 is 0 Å². The van der Waals surface area contributed by atoms with Gasteiger partial charge in [0.05, 0.1) is 18.7 Å². The fraction of sp³-hybridized carbons (Fsp3) is 0.0833. The normalized spacial score (nSPS) is 16.0. The second-order valence-electron chi connectivity index (χ2n) is 6.89. The minimum Gasteiger partial charge on any atom is -0.503 e. The van der Waals surface area contributed by atoms with Crippen LogP contribution < -0.4 is 9.64 Å². The van der Waals surface area contributed by atoms with Crippen molar-refractivity contribution in [3.8, 4) is 5.75 Å². The summed E-state index contributed by atoms with van der Waals surface area (Å²) in [6, 6.07) is 15.7. The molecule has 1 heterocycles. The van der Waals surface area contributed by atoms with Gasteiger partial charge >= 0.3 is 0 Å². The first-order valence-corrected chi connectivity index (χ1v) is 9.38. The number of nitrogens with zero attached hydrogens (tertiary/aromatic N) is 1. The van der Waals surface area contributed by atoms with Crippen molar-refractivity contribution in [1.29, 1.82) is 0 Å². The molecule has 0 radical (unpaired) electrons. The average molecular weight is 421 g/mol. The highest BCUT2D eigenvalue weighted by atomic mass is 19.1. The van der Waals surface area contributed by atoms with Gasteiger partial charge in [-0.15, -0.1) is 0 Å². The van der Waals surface area contributed by atoms with Crippen LogP contribution in [0.3, 0.4) is 0 Å². The number of amides is 1. The Kier molecular flexibility index (Phi) is 5.25. The largest absolute Gasteiger partial charge is 0.503 e. The number of halogens is 2. The number of ketones is 1. The van der Waals surface area contributed by atoms with Crippen molar-refractivity contribution in [1.82, 2.24) is 0 Å². The molecule has 1 aliphatic rings. The lowest BCUT2D eigenvalue weighted by atomic mass is 9.92. The average Bonchev–Trinajstić information content (AvgIpc) is 3.05. The van der Waals surface area contributed by atoms with Crippen molar-refractivity contribution in [3.05, 3.63) is 107 Å². The molecule has 0 saturated heterocycles. The summed E-state index contributed by atoms with van der Waals surface area (Å²) in [5, 5.41) is 10.7. The Morgan fingerprint density at radius 2 is 1.52 bits per heavy atom. The van der Waals surface area contributed by atoms with E-state index < -0.39 is 35.1 Å². The number of hydrogen-bond acceptors (Lipinski definition) is 4. The number of ether oxygens (including phenoxy) is 1. The zero-order valence-corrected chi connectivity index (χ0v) is 16.4. The molecular weight excluding hydrogens is 404 g/mol. The fourth-order valence-electron chi connectivity index (χ4n) is 3.65. The molecule has 0 spiro atoms. The van der Waals surface area contributed by atoms with Crippen molar-refractivity contribution in [2.45, 2.75) is 6.04 Å². The molecule has 3 aromatic rings. The standard InChI is InChI=1S/C24H17F2NO4/c1-31-19-5-3-2-4-18(19)21-20(22(28)14-6-8-15(25)9-7-14)23(29)24(30)27(21)17-12-10-16(26)11-13-17/h2-13,21,29H,1H3. The summed E-state index contributed by atoms with van der Waals surface area (Å²) in [6.07, 6.45) is 0. The van der Waals surface area contributed by atoms with E-state index in [0.29, 0.717) is 11.3 Å². The number of anilines is 1. The molecule has 0 aromatic heterocycles. The highest BCUT2D eigenvalue weighted by Gasteiger charge is 2.45. The van der Waals surface area contributed by atoms with Crippen LogP contribution in [0, 0.1) is 11.6 Å². The minimum atomic E-state index is -1.04. The third-order valence-electron chi connectivity index (χ3n) is 5.10. The molecule has 1 atom stereocenters. The van der Waals surface area contributed by atoms with Crippen LogP contribution in [0.25, 0.3) is 0 Å². The van der Waals surface area contributed by atoms with Crippen LogP contribution in [0.1, 0.15) is 22.0 Å².